The quantitative estimate of drug-likeness (QED) is 0.502. The van der Waals surface area contributed by atoms with Crippen LogP contribution in [-0.2, 0) is 13.1 Å². The zero-order valence-corrected chi connectivity index (χ0v) is 18.7. The topological polar surface area (TPSA) is 82.9 Å². The molecule has 2 aliphatic rings. The number of benzene rings is 2. The van der Waals surface area contributed by atoms with Crippen LogP contribution in [-0.4, -0.2) is 35.2 Å². The third kappa shape index (κ3) is 4.12. The van der Waals surface area contributed by atoms with Gasteiger partial charge < -0.3 is 14.5 Å². The zero-order valence-electron chi connectivity index (χ0n) is 18.7. The second-order valence-corrected chi connectivity index (χ2v) is 8.46. The molecule has 7 heteroatoms. The van der Waals surface area contributed by atoms with Crippen LogP contribution < -0.4 is 4.74 Å². The van der Waals surface area contributed by atoms with Crippen LogP contribution in [0.5, 0.6) is 5.75 Å². The fourth-order valence-electron chi connectivity index (χ4n) is 4.03. The van der Waals surface area contributed by atoms with Crippen molar-refractivity contribution in [3.63, 3.8) is 0 Å². The number of amides is 1. The van der Waals surface area contributed by atoms with E-state index in [2.05, 4.69) is 20.9 Å². The molecule has 0 atom stereocenters. The van der Waals surface area contributed by atoms with E-state index in [1.807, 2.05) is 24.3 Å². The van der Waals surface area contributed by atoms with Gasteiger partial charge in [0.15, 0.2) is 0 Å². The highest BCUT2D eigenvalue weighted by molar-refractivity contribution is 5.96. The molecule has 0 bridgehead atoms. The molecule has 7 nitrogen and oxygen atoms in total. The van der Waals surface area contributed by atoms with E-state index in [1.165, 1.54) is 0 Å². The van der Waals surface area contributed by atoms with Crippen LogP contribution in [0.2, 0.25) is 0 Å². The second kappa shape index (κ2) is 8.80. The van der Waals surface area contributed by atoms with Crippen molar-refractivity contribution >= 4 is 17.9 Å². The van der Waals surface area contributed by atoms with Crippen molar-refractivity contribution in [3.8, 4) is 22.9 Å². The van der Waals surface area contributed by atoms with Crippen molar-refractivity contribution in [2.75, 3.05) is 7.05 Å². The van der Waals surface area contributed by atoms with E-state index in [9.17, 15) is 10.1 Å². The van der Waals surface area contributed by atoms with Gasteiger partial charge in [-0.15, -0.1) is 4.98 Å². The van der Waals surface area contributed by atoms with Crippen molar-refractivity contribution in [1.29, 1.82) is 5.26 Å². The molecule has 34 heavy (non-hydrogen) atoms. The molecule has 2 aromatic carbocycles. The average molecular weight is 447 g/mol. The molecule has 1 aliphatic carbocycles. The summed E-state index contributed by atoms with van der Waals surface area (Å²) in [6, 6.07) is 15.0. The summed E-state index contributed by atoms with van der Waals surface area (Å²) in [6.45, 7) is 8.14. The molecule has 1 saturated carbocycles. The van der Waals surface area contributed by atoms with Gasteiger partial charge in [0.2, 0.25) is 0 Å². The highest BCUT2D eigenvalue weighted by Crippen LogP contribution is 2.36. The molecule has 0 radical (unpaired) electrons. The van der Waals surface area contributed by atoms with E-state index in [1.54, 1.807) is 42.6 Å². The summed E-state index contributed by atoms with van der Waals surface area (Å²) < 4.78 is 6.15. The Morgan fingerprint density at radius 3 is 2.91 bits per heavy atom. The van der Waals surface area contributed by atoms with Gasteiger partial charge in [-0.05, 0) is 54.3 Å². The number of nitrogens with zero attached hydrogens (tertiary/aromatic N) is 5. The summed E-state index contributed by atoms with van der Waals surface area (Å²) in [7, 11) is 1.75. The number of rotatable bonds is 6. The fraction of sp³-hybridized carbons (Fsp3) is 0.222. The lowest BCUT2D eigenvalue weighted by Crippen LogP contribution is -2.27. The molecule has 0 spiro atoms. The summed E-state index contributed by atoms with van der Waals surface area (Å²) in [4.78, 5) is 26.9. The van der Waals surface area contributed by atoms with Crippen molar-refractivity contribution < 1.29 is 9.53 Å². The molecule has 3 aromatic rings. The minimum absolute atomic E-state index is 0.139. The SMILES string of the molecule is [C-]#[N+]c1ncc(CN(C)C(=O)c2ccc(-c3cccc(C#N)c3)c(OC3CC3)c2)c2c1C=NC2. The Hall–Kier alpha value is -4.49. The van der Waals surface area contributed by atoms with E-state index in [0.29, 0.717) is 35.8 Å². The number of nitriles is 1. The van der Waals surface area contributed by atoms with E-state index < -0.39 is 0 Å². The fourth-order valence-corrected chi connectivity index (χ4v) is 4.03. The van der Waals surface area contributed by atoms with Crippen molar-refractivity contribution in [1.82, 2.24) is 9.88 Å². The zero-order chi connectivity index (χ0) is 23.7. The lowest BCUT2D eigenvalue weighted by molar-refractivity contribution is 0.0784. The molecule has 1 amide bonds. The molecule has 1 fully saturated rings. The molecule has 0 unspecified atom stereocenters. The number of ether oxygens (including phenoxy) is 1. The second-order valence-electron chi connectivity index (χ2n) is 8.46. The predicted octanol–water partition coefficient (Wildman–Crippen LogP) is 4.92. The number of aromatic nitrogens is 1. The van der Waals surface area contributed by atoms with Crippen molar-refractivity contribution in [2.45, 2.75) is 32.0 Å². The Balaban J connectivity index is 1.42. The van der Waals surface area contributed by atoms with E-state index in [4.69, 9.17) is 11.3 Å². The molecule has 5 rings (SSSR count). The lowest BCUT2D eigenvalue weighted by Gasteiger charge is -2.20. The Morgan fingerprint density at radius 2 is 2.15 bits per heavy atom. The monoisotopic (exact) mass is 447 g/mol. The summed E-state index contributed by atoms with van der Waals surface area (Å²) >= 11 is 0. The number of pyridine rings is 1. The Kier molecular flexibility index (Phi) is 5.53. The van der Waals surface area contributed by atoms with E-state index in [0.717, 1.165) is 40.7 Å². The van der Waals surface area contributed by atoms with Crippen molar-refractivity contribution in [2.24, 2.45) is 4.99 Å². The van der Waals surface area contributed by atoms with Crippen molar-refractivity contribution in [3.05, 3.63) is 87.9 Å². The van der Waals surface area contributed by atoms with Gasteiger partial charge in [0.05, 0.1) is 24.3 Å². The largest absolute Gasteiger partial charge is 0.490 e. The first-order valence-corrected chi connectivity index (χ1v) is 11.0. The number of carbonyl (C=O) groups is 1. The van der Waals surface area contributed by atoms with Crippen LogP contribution in [0, 0.1) is 17.9 Å². The molecule has 1 aliphatic heterocycles. The van der Waals surface area contributed by atoms with Gasteiger partial charge in [0.1, 0.15) is 11.9 Å². The third-order valence-electron chi connectivity index (χ3n) is 5.98. The maximum Gasteiger partial charge on any atom is 0.278 e. The first-order chi connectivity index (χ1) is 16.6. The van der Waals surface area contributed by atoms with Crippen LogP contribution in [0.1, 0.15) is 45.5 Å². The lowest BCUT2D eigenvalue weighted by atomic mass is 10.00. The molecular formula is C27H21N5O2. The van der Waals surface area contributed by atoms with Gasteiger partial charge in [0, 0.05) is 42.1 Å². The molecule has 0 N–H and O–H groups in total. The average Bonchev–Trinajstić information content (AvgIpc) is 3.54. The predicted molar refractivity (Wildman–Crippen MR) is 128 cm³/mol. The van der Waals surface area contributed by atoms with Crippen LogP contribution in [0.4, 0.5) is 5.82 Å². The number of aliphatic imine (C=N–C) groups is 1. The smallest absolute Gasteiger partial charge is 0.278 e. The molecule has 0 saturated heterocycles. The normalized spacial score (nSPS) is 13.6. The van der Waals surface area contributed by atoms with Gasteiger partial charge >= 0.3 is 0 Å². The first-order valence-electron chi connectivity index (χ1n) is 11.0. The molecule has 1 aromatic heterocycles. The Labute approximate surface area is 197 Å². The summed E-state index contributed by atoms with van der Waals surface area (Å²) in [6.07, 6.45) is 5.50. The van der Waals surface area contributed by atoms with Gasteiger partial charge in [-0.3, -0.25) is 9.79 Å². The summed E-state index contributed by atoms with van der Waals surface area (Å²) in [5.74, 6) is 0.848. The third-order valence-corrected chi connectivity index (χ3v) is 5.98. The summed E-state index contributed by atoms with van der Waals surface area (Å²) in [5, 5.41) is 9.26. The highest BCUT2D eigenvalue weighted by Gasteiger charge is 2.26. The summed E-state index contributed by atoms with van der Waals surface area (Å²) in [5.41, 5.74) is 5.42. The highest BCUT2D eigenvalue weighted by atomic mass is 16.5. The first kappa shape index (κ1) is 21.4. The number of fused-ring (bicyclic) bond motifs is 1. The number of hydrogen-bond acceptors (Lipinski definition) is 5. The van der Waals surface area contributed by atoms with Gasteiger partial charge in [0.25, 0.3) is 11.7 Å². The minimum atomic E-state index is -0.139. The van der Waals surface area contributed by atoms with E-state index in [-0.39, 0.29) is 12.0 Å². The Morgan fingerprint density at radius 1 is 1.29 bits per heavy atom. The van der Waals surface area contributed by atoms with Gasteiger partial charge in [-0.25, -0.2) is 0 Å². The van der Waals surface area contributed by atoms with Crippen LogP contribution >= 0.6 is 0 Å². The van der Waals surface area contributed by atoms with Crippen LogP contribution in [0.3, 0.4) is 0 Å². The standard InChI is InChI=1S/C27H21N5O2/c1-29-26-24-15-30-14-23(24)20(13-31-26)16-32(2)27(33)19-6-9-22(25(11-19)34-21-7-8-21)18-5-3-4-17(10-18)12-28/h3-6,9-11,13,15,21H,7-8,14,16H2,2H3. The minimum Gasteiger partial charge on any atom is -0.490 e. The maximum absolute atomic E-state index is 13.3. The van der Waals surface area contributed by atoms with E-state index >= 15 is 0 Å². The van der Waals surface area contributed by atoms with Gasteiger partial charge in [-0.1, -0.05) is 18.7 Å². The Bertz CT molecular complexity index is 1410. The van der Waals surface area contributed by atoms with Gasteiger partial charge in [-0.2, -0.15) is 5.26 Å². The number of hydrogen-bond donors (Lipinski definition) is 0. The maximum atomic E-state index is 13.3. The molecule has 166 valence electrons. The molecular weight excluding hydrogens is 426 g/mol. The number of carbonyl (C=O) groups excluding carboxylic acids is 1. The molecule has 2 heterocycles. The van der Waals surface area contributed by atoms with Crippen LogP contribution in [0.25, 0.3) is 16.0 Å². The van der Waals surface area contributed by atoms with Crippen LogP contribution in [0.15, 0.2) is 53.7 Å².